The Hall–Kier alpha value is -3.04. The lowest BCUT2D eigenvalue weighted by molar-refractivity contribution is -0.116. The molecule has 1 aromatic carbocycles. The summed E-state index contributed by atoms with van der Waals surface area (Å²) in [6.45, 7) is 1.59. The molecule has 1 N–H and O–H groups in total. The Balaban J connectivity index is 1.30. The van der Waals surface area contributed by atoms with Crippen LogP contribution >= 0.6 is 0 Å². The van der Waals surface area contributed by atoms with Gasteiger partial charge in [-0.3, -0.25) is 9.20 Å². The number of hydrogen-bond donors (Lipinski definition) is 1. The van der Waals surface area contributed by atoms with Gasteiger partial charge < -0.3 is 5.32 Å². The fourth-order valence-electron chi connectivity index (χ4n) is 3.77. The molecule has 1 saturated heterocycles. The molecule has 8 nitrogen and oxygen atoms in total. The van der Waals surface area contributed by atoms with E-state index in [9.17, 15) is 13.2 Å². The van der Waals surface area contributed by atoms with Gasteiger partial charge >= 0.3 is 0 Å². The van der Waals surface area contributed by atoms with Crippen LogP contribution in [0.1, 0.15) is 37.1 Å². The smallest absolute Gasteiger partial charge is 0.244 e. The molecule has 2 aromatic heterocycles. The number of nitrogens with one attached hydrogen (secondary N) is 1. The van der Waals surface area contributed by atoms with E-state index in [0.29, 0.717) is 31.0 Å². The van der Waals surface area contributed by atoms with Gasteiger partial charge in [0.1, 0.15) is 5.82 Å². The Labute approximate surface area is 188 Å². The van der Waals surface area contributed by atoms with E-state index in [-0.39, 0.29) is 5.91 Å². The first kappa shape index (κ1) is 22.2. The van der Waals surface area contributed by atoms with Crippen molar-refractivity contribution in [1.82, 2.24) is 24.2 Å². The summed E-state index contributed by atoms with van der Waals surface area (Å²) < 4.78 is 29.2. The molecule has 1 fully saturated rings. The van der Waals surface area contributed by atoms with Gasteiger partial charge in [-0.15, -0.1) is 10.2 Å². The third-order valence-corrected chi connectivity index (χ3v) is 7.46. The molecule has 1 aliphatic heterocycles. The third kappa shape index (κ3) is 5.23. The normalized spacial score (nSPS) is 15.8. The molecule has 0 radical (unpaired) electrons. The van der Waals surface area contributed by atoms with Crippen molar-refractivity contribution in [2.45, 2.75) is 37.0 Å². The monoisotopic (exact) mass is 453 g/mol. The molecule has 1 aliphatic rings. The lowest BCUT2D eigenvalue weighted by Gasteiger charge is -2.19. The third-order valence-electron chi connectivity index (χ3n) is 5.54. The Morgan fingerprint density at radius 3 is 2.50 bits per heavy atom. The second-order valence-corrected chi connectivity index (χ2v) is 9.74. The van der Waals surface area contributed by atoms with Crippen molar-refractivity contribution in [2.24, 2.45) is 0 Å². The number of aromatic nitrogens is 3. The maximum absolute atomic E-state index is 12.8. The minimum absolute atomic E-state index is 0.222. The van der Waals surface area contributed by atoms with Gasteiger partial charge in [-0.25, -0.2) is 8.42 Å². The summed E-state index contributed by atoms with van der Waals surface area (Å²) in [6.07, 6.45) is 9.53. The highest BCUT2D eigenvalue weighted by Gasteiger charge is 2.24. The molecule has 0 atom stereocenters. The molecule has 3 aromatic rings. The Morgan fingerprint density at radius 1 is 1.00 bits per heavy atom. The molecular weight excluding hydrogens is 426 g/mol. The second kappa shape index (κ2) is 10.1. The average molecular weight is 454 g/mol. The molecule has 0 aliphatic carbocycles. The summed E-state index contributed by atoms with van der Waals surface area (Å²) in [5.74, 6) is 0.561. The second-order valence-electron chi connectivity index (χ2n) is 7.81. The quantitative estimate of drug-likeness (QED) is 0.555. The summed E-state index contributed by atoms with van der Waals surface area (Å²) in [6, 6.07) is 12.3. The summed E-state index contributed by atoms with van der Waals surface area (Å²) in [5, 5.41) is 11.1. The number of hydrogen-bond acceptors (Lipinski definition) is 5. The Morgan fingerprint density at radius 2 is 1.75 bits per heavy atom. The van der Waals surface area contributed by atoms with Crippen LogP contribution in [0.2, 0.25) is 0 Å². The van der Waals surface area contributed by atoms with Crippen LogP contribution < -0.4 is 5.32 Å². The van der Waals surface area contributed by atoms with Crippen molar-refractivity contribution >= 4 is 27.7 Å². The zero-order chi connectivity index (χ0) is 22.4. The number of sulfonamides is 1. The summed E-state index contributed by atoms with van der Waals surface area (Å²) >= 11 is 0. The molecule has 168 valence electrons. The van der Waals surface area contributed by atoms with Gasteiger partial charge in [-0.05, 0) is 48.7 Å². The van der Waals surface area contributed by atoms with Crippen LogP contribution in [0.25, 0.3) is 11.7 Å². The van der Waals surface area contributed by atoms with E-state index in [1.807, 2.05) is 28.8 Å². The van der Waals surface area contributed by atoms with Crippen LogP contribution in [0.3, 0.4) is 0 Å². The number of nitrogens with zero attached hydrogens (tertiary/aromatic N) is 4. The minimum atomic E-state index is -3.47. The highest BCUT2D eigenvalue weighted by Crippen LogP contribution is 2.21. The molecule has 0 spiro atoms. The molecule has 0 bridgehead atoms. The van der Waals surface area contributed by atoms with E-state index in [1.165, 1.54) is 6.08 Å². The summed E-state index contributed by atoms with van der Waals surface area (Å²) in [5.41, 5.74) is 1.54. The van der Waals surface area contributed by atoms with Crippen molar-refractivity contribution in [2.75, 3.05) is 19.6 Å². The number of benzene rings is 1. The van der Waals surface area contributed by atoms with Gasteiger partial charge in [0.2, 0.25) is 15.9 Å². The maximum atomic E-state index is 12.8. The molecule has 0 saturated carbocycles. The molecule has 4 rings (SSSR count). The standard InChI is InChI=1S/C23H27N5O3S/c29-23(24-15-14-22-26-25-21-7-3-6-18-28(21)22)13-10-19-8-11-20(12-9-19)32(30,31)27-16-4-1-2-5-17-27/h3,6-13,18H,1-2,4-5,14-17H2,(H,24,29)/b13-10+. The number of carbonyl (C=O) groups excluding carboxylic acids is 1. The summed E-state index contributed by atoms with van der Waals surface area (Å²) in [7, 11) is -3.47. The predicted octanol–water partition coefficient (Wildman–Crippen LogP) is 2.67. The molecular formula is C23H27N5O3S. The average Bonchev–Trinajstić information content (AvgIpc) is 3.01. The number of amides is 1. The minimum Gasteiger partial charge on any atom is -0.352 e. The van der Waals surface area contributed by atoms with Gasteiger partial charge in [-0.1, -0.05) is 31.0 Å². The largest absolute Gasteiger partial charge is 0.352 e. The lowest BCUT2D eigenvalue weighted by atomic mass is 10.2. The van der Waals surface area contributed by atoms with Crippen LogP contribution in [-0.4, -0.2) is 52.9 Å². The number of rotatable bonds is 7. The van der Waals surface area contributed by atoms with Crippen molar-refractivity contribution in [3.8, 4) is 0 Å². The SMILES string of the molecule is O=C(/C=C/c1ccc(S(=O)(=O)N2CCCCCC2)cc1)NCCc1nnc2ccccn12. The summed E-state index contributed by atoms with van der Waals surface area (Å²) in [4.78, 5) is 12.4. The molecule has 0 unspecified atom stereocenters. The van der Waals surface area contributed by atoms with Crippen LogP contribution in [0.5, 0.6) is 0 Å². The topological polar surface area (TPSA) is 96.7 Å². The van der Waals surface area contributed by atoms with E-state index in [2.05, 4.69) is 15.5 Å². The first-order valence-electron chi connectivity index (χ1n) is 10.9. The van der Waals surface area contributed by atoms with Gasteiger partial charge in [0.05, 0.1) is 4.90 Å². The van der Waals surface area contributed by atoms with Crippen LogP contribution in [0.15, 0.2) is 59.6 Å². The van der Waals surface area contributed by atoms with E-state index >= 15 is 0 Å². The zero-order valence-corrected chi connectivity index (χ0v) is 18.7. The van der Waals surface area contributed by atoms with Crippen molar-refractivity contribution in [3.05, 3.63) is 66.1 Å². The van der Waals surface area contributed by atoms with Crippen LogP contribution in [-0.2, 0) is 21.2 Å². The molecule has 9 heteroatoms. The highest BCUT2D eigenvalue weighted by atomic mass is 32.2. The Bertz CT molecular complexity index is 1190. The first-order valence-corrected chi connectivity index (χ1v) is 12.3. The van der Waals surface area contributed by atoms with Gasteiger partial charge in [-0.2, -0.15) is 4.31 Å². The van der Waals surface area contributed by atoms with Crippen LogP contribution in [0, 0.1) is 0 Å². The number of fused-ring (bicyclic) bond motifs is 1. The van der Waals surface area contributed by atoms with Crippen molar-refractivity contribution in [3.63, 3.8) is 0 Å². The van der Waals surface area contributed by atoms with Crippen LogP contribution in [0.4, 0.5) is 0 Å². The van der Waals surface area contributed by atoms with E-state index in [4.69, 9.17) is 0 Å². The first-order chi connectivity index (χ1) is 15.5. The predicted molar refractivity (Wildman–Crippen MR) is 122 cm³/mol. The van der Waals surface area contributed by atoms with Gasteiger partial charge in [0, 0.05) is 38.3 Å². The lowest BCUT2D eigenvalue weighted by Crippen LogP contribution is -2.31. The Kier molecular flexibility index (Phi) is 6.96. The van der Waals surface area contributed by atoms with Gasteiger partial charge in [0.25, 0.3) is 0 Å². The zero-order valence-electron chi connectivity index (χ0n) is 17.9. The van der Waals surface area contributed by atoms with Crippen molar-refractivity contribution in [1.29, 1.82) is 0 Å². The van der Waals surface area contributed by atoms with E-state index in [0.717, 1.165) is 42.7 Å². The molecule has 3 heterocycles. The number of pyridine rings is 1. The molecule has 32 heavy (non-hydrogen) atoms. The maximum Gasteiger partial charge on any atom is 0.244 e. The van der Waals surface area contributed by atoms with Gasteiger partial charge in [0.15, 0.2) is 5.65 Å². The van der Waals surface area contributed by atoms with Crippen molar-refractivity contribution < 1.29 is 13.2 Å². The molecule has 1 amide bonds. The fourth-order valence-corrected chi connectivity index (χ4v) is 5.29. The fraction of sp³-hybridized carbons (Fsp3) is 0.348. The van der Waals surface area contributed by atoms with E-state index < -0.39 is 10.0 Å². The van der Waals surface area contributed by atoms with E-state index in [1.54, 1.807) is 34.6 Å². The number of carbonyl (C=O) groups is 1. The highest BCUT2D eigenvalue weighted by molar-refractivity contribution is 7.89.